The van der Waals surface area contributed by atoms with E-state index < -0.39 is 0 Å². The number of rotatable bonds is 5. The number of para-hydroxylation sites is 1. The van der Waals surface area contributed by atoms with Crippen molar-refractivity contribution in [3.8, 4) is 11.4 Å². The molecule has 1 aromatic heterocycles. The van der Waals surface area contributed by atoms with E-state index in [-0.39, 0.29) is 22.8 Å². The van der Waals surface area contributed by atoms with Crippen LogP contribution in [0.4, 0.5) is 0 Å². The largest absolute Gasteiger partial charge is 0.489 e. The van der Waals surface area contributed by atoms with Crippen molar-refractivity contribution in [2.45, 2.75) is 20.0 Å². The predicted molar refractivity (Wildman–Crippen MR) is 101 cm³/mol. The maximum atomic E-state index is 12.9. The average molecular weight is 401 g/mol. The summed E-state index contributed by atoms with van der Waals surface area (Å²) in [6.45, 7) is 3.81. The second-order valence-electron chi connectivity index (χ2n) is 5.84. The third-order valence-electron chi connectivity index (χ3n) is 3.69. The van der Waals surface area contributed by atoms with Gasteiger partial charge in [0.1, 0.15) is 12.1 Å². The molecule has 0 unspecified atom stereocenters. The molecule has 6 heteroatoms. The number of ether oxygens (including phenoxy) is 1. The summed E-state index contributed by atoms with van der Waals surface area (Å²) in [4.78, 5) is 29.3. The highest BCUT2D eigenvalue weighted by molar-refractivity contribution is 9.09. The molecule has 2 aromatic carbocycles. The van der Waals surface area contributed by atoms with Crippen LogP contribution in [0, 0.1) is 0 Å². The SMILES string of the molecule is CC(C)Oc1ccc(C(=O)CBr)cc1-n1cnc2ccccc2c1=O. The van der Waals surface area contributed by atoms with Crippen molar-refractivity contribution in [3.63, 3.8) is 0 Å². The number of benzene rings is 2. The van der Waals surface area contributed by atoms with Gasteiger partial charge in [0.2, 0.25) is 0 Å². The first-order chi connectivity index (χ1) is 12.0. The van der Waals surface area contributed by atoms with Crippen molar-refractivity contribution in [1.82, 2.24) is 9.55 Å². The van der Waals surface area contributed by atoms with Crippen molar-refractivity contribution < 1.29 is 9.53 Å². The molecule has 0 spiro atoms. The maximum Gasteiger partial charge on any atom is 0.265 e. The zero-order chi connectivity index (χ0) is 18.0. The Morgan fingerprint density at radius 1 is 1.24 bits per heavy atom. The third-order valence-corrected chi connectivity index (χ3v) is 4.20. The molecular weight excluding hydrogens is 384 g/mol. The van der Waals surface area contributed by atoms with E-state index in [2.05, 4.69) is 20.9 Å². The Hall–Kier alpha value is -2.47. The second-order valence-corrected chi connectivity index (χ2v) is 6.40. The van der Waals surface area contributed by atoms with Crippen LogP contribution in [0.5, 0.6) is 5.75 Å². The Kier molecular flexibility index (Phi) is 4.99. The van der Waals surface area contributed by atoms with E-state index in [1.165, 1.54) is 10.9 Å². The lowest BCUT2D eigenvalue weighted by Crippen LogP contribution is -2.21. The molecule has 0 N–H and O–H groups in total. The minimum absolute atomic E-state index is 0.0689. The standard InChI is InChI=1S/C19H17BrN2O3/c1-12(2)25-18-8-7-13(17(23)10-20)9-16(18)22-11-21-15-6-4-3-5-14(15)19(22)24/h3-9,11-12H,10H2,1-2H3. The Morgan fingerprint density at radius 3 is 2.72 bits per heavy atom. The van der Waals surface area contributed by atoms with Crippen LogP contribution in [0.2, 0.25) is 0 Å². The molecule has 25 heavy (non-hydrogen) atoms. The second kappa shape index (κ2) is 7.19. The maximum absolute atomic E-state index is 12.9. The Balaban J connectivity index is 2.25. The zero-order valence-corrected chi connectivity index (χ0v) is 15.5. The molecule has 0 aliphatic rings. The molecule has 3 aromatic rings. The molecule has 0 fully saturated rings. The molecule has 0 aliphatic carbocycles. The summed E-state index contributed by atoms with van der Waals surface area (Å²) in [5.74, 6) is 0.458. The Bertz CT molecular complexity index is 995. The van der Waals surface area contributed by atoms with Crippen LogP contribution >= 0.6 is 15.9 Å². The summed E-state index contributed by atoms with van der Waals surface area (Å²) in [5, 5.41) is 0.722. The van der Waals surface area contributed by atoms with Crippen LogP contribution in [0.25, 0.3) is 16.6 Å². The van der Waals surface area contributed by atoms with Crippen LogP contribution in [0.1, 0.15) is 24.2 Å². The molecule has 0 bridgehead atoms. The molecule has 0 saturated heterocycles. The predicted octanol–water partition coefficient (Wildman–Crippen LogP) is 3.75. The molecule has 0 saturated carbocycles. The Labute approximate surface area is 153 Å². The van der Waals surface area contributed by atoms with E-state index in [9.17, 15) is 9.59 Å². The summed E-state index contributed by atoms with van der Waals surface area (Å²) < 4.78 is 7.25. The van der Waals surface area contributed by atoms with E-state index >= 15 is 0 Å². The number of hydrogen-bond donors (Lipinski definition) is 0. The van der Waals surface area contributed by atoms with Gasteiger partial charge in [0.15, 0.2) is 5.78 Å². The van der Waals surface area contributed by atoms with Crippen molar-refractivity contribution in [2.24, 2.45) is 0 Å². The minimum atomic E-state index is -0.206. The number of Topliss-reactive ketones (excluding diaryl/α,β-unsaturated/α-hetero) is 1. The van der Waals surface area contributed by atoms with E-state index in [0.717, 1.165) is 0 Å². The first kappa shape index (κ1) is 17.4. The molecule has 5 nitrogen and oxygen atoms in total. The van der Waals surface area contributed by atoms with Crippen molar-refractivity contribution in [1.29, 1.82) is 0 Å². The van der Waals surface area contributed by atoms with Gasteiger partial charge in [-0.3, -0.25) is 14.2 Å². The number of fused-ring (bicyclic) bond motifs is 1. The lowest BCUT2D eigenvalue weighted by molar-refractivity contribution is 0.102. The fraction of sp³-hybridized carbons (Fsp3) is 0.211. The molecule has 0 radical (unpaired) electrons. The monoisotopic (exact) mass is 400 g/mol. The van der Waals surface area contributed by atoms with E-state index in [1.807, 2.05) is 19.9 Å². The summed E-state index contributed by atoms with van der Waals surface area (Å²) >= 11 is 3.18. The number of halogens is 1. The summed E-state index contributed by atoms with van der Waals surface area (Å²) in [6.07, 6.45) is 1.40. The number of nitrogens with zero attached hydrogens (tertiary/aromatic N) is 2. The molecule has 3 rings (SSSR count). The van der Waals surface area contributed by atoms with Crippen LogP contribution < -0.4 is 10.3 Å². The molecule has 128 valence electrons. The van der Waals surface area contributed by atoms with Gasteiger partial charge in [-0.1, -0.05) is 28.1 Å². The number of ketones is 1. The molecular formula is C19H17BrN2O3. The van der Waals surface area contributed by atoms with E-state index in [4.69, 9.17) is 4.74 Å². The summed E-state index contributed by atoms with van der Waals surface area (Å²) in [6, 6.07) is 12.2. The molecule has 0 amide bonds. The van der Waals surface area contributed by atoms with Gasteiger partial charge < -0.3 is 4.74 Å². The van der Waals surface area contributed by atoms with Gasteiger partial charge in [0, 0.05) is 5.56 Å². The van der Waals surface area contributed by atoms with Crippen LogP contribution in [0.3, 0.4) is 0 Å². The lowest BCUT2D eigenvalue weighted by atomic mass is 10.1. The fourth-order valence-electron chi connectivity index (χ4n) is 2.55. The van der Waals surface area contributed by atoms with Gasteiger partial charge in [0.05, 0.1) is 28.0 Å². The zero-order valence-electron chi connectivity index (χ0n) is 13.9. The fourth-order valence-corrected chi connectivity index (χ4v) is 2.87. The van der Waals surface area contributed by atoms with Crippen LogP contribution in [-0.2, 0) is 0 Å². The minimum Gasteiger partial charge on any atom is -0.489 e. The highest BCUT2D eigenvalue weighted by atomic mass is 79.9. The van der Waals surface area contributed by atoms with Gasteiger partial charge in [-0.25, -0.2) is 4.98 Å². The number of carbonyl (C=O) groups is 1. The molecule has 0 atom stereocenters. The molecule has 1 heterocycles. The molecule has 0 aliphatic heterocycles. The highest BCUT2D eigenvalue weighted by Crippen LogP contribution is 2.25. The highest BCUT2D eigenvalue weighted by Gasteiger charge is 2.15. The van der Waals surface area contributed by atoms with Gasteiger partial charge in [0.25, 0.3) is 5.56 Å². The summed E-state index contributed by atoms with van der Waals surface area (Å²) in [7, 11) is 0. The first-order valence-electron chi connectivity index (χ1n) is 7.88. The topological polar surface area (TPSA) is 61.2 Å². The first-order valence-corrected chi connectivity index (χ1v) is 9.00. The van der Waals surface area contributed by atoms with Crippen molar-refractivity contribution in [3.05, 3.63) is 64.7 Å². The van der Waals surface area contributed by atoms with Crippen LogP contribution in [0.15, 0.2) is 53.6 Å². The van der Waals surface area contributed by atoms with Crippen LogP contribution in [-0.4, -0.2) is 26.8 Å². The number of aromatic nitrogens is 2. The van der Waals surface area contributed by atoms with Gasteiger partial charge in [-0.15, -0.1) is 0 Å². The Morgan fingerprint density at radius 2 is 2.00 bits per heavy atom. The van der Waals surface area contributed by atoms with Gasteiger partial charge in [-0.05, 0) is 44.2 Å². The van der Waals surface area contributed by atoms with Gasteiger partial charge in [-0.2, -0.15) is 0 Å². The lowest BCUT2D eigenvalue weighted by Gasteiger charge is -2.16. The third kappa shape index (κ3) is 3.49. The van der Waals surface area contributed by atoms with Crippen molar-refractivity contribution in [2.75, 3.05) is 5.33 Å². The quantitative estimate of drug-likeness (QED) is 0.483. The normalized spacial score (nSPS) is 11.0. The number of carbonyl (C=O) groups excluding carboxylic acids is 1. The van der Waals surface area contributed by atoms with E-state index in [1.54, 1.807) is 36.4 Å². The summed E-state index contributed by atoms with van der Waals surface area (Å²) in [5.41, 5.74) is 1.43. The number of alkyl halides is 1. The van der Waals surface area contributed by atoms with E-state index in [0.29, 0.717) is 27.9 Å². The average Bonchev–Trinajstić information content (AvgIpc) is 2.62. The van der Waals surface area contributed by atoms with Crippen molar-refractivity contribution >= 4 is 32.6 Å². The smallest absolute Gasteiger partial charge is 0.265 e. The number of hydrogen-bond acceptors (Lipinski definition) is 4. The van der Waals surface area contributed by atoms with Gasteiger partial charge >= 0.3 is 0 Å².